The molecule has 2 aromatic rings. The van der Waals surface area contributed by atoms with E-state index in [-0.39, 0.29) is 24.0 Å². The predicted molar refractivity (Wildman–Crippen MR) is 133 cm³/mol. The summed E-state index contributed by atoms with van der Waals surface area (Å²) in [6, 6.07) is 14.7. The molecule has 7 nitrogen and oxygen atoms in total. The highest BCUT2D eigenvalue weighted by Crippen LogP contribution is 2.19. The van der Waals surface area contributed by atoms with E-state index in [1.807, 2.05) is 37.4 Å². The number of hydrogen-bond donors (Lipinski definition) is 1. The predicted octanol–water partition coefficient (Wildman–Crippen LogP) is 2.76. The van der Waals surface area contributed by atoms with Crippen molar-refractivity contribution in [2.45, 2.75) is 25.6 Å². The molecule has 3 heterocycles. The highest BCUT2D eigenvalue weighted by molar-refractivity contribution is 14.0. The monoisotopic (exact) mass is 537 g/mol. The zero-order chi connectivity index (χ0) is 20.6. The molecule has 0 bridgehead atoms. The number of likely N-dealkylation sites (tertiary alicyclic amines) is 1. The summed E-state index contributed by atoms with van der Waals surface area (Å²) in [7, 11) is 1.85. The zero-order valence-electron chi connectivity index (χ0n) is 18.1. The number of morpholine rings is 1. The molecule has 8 heteroatoms. The van der Waals surface area contributed by atoms with E-state index in [2.05, 4.69) is 37.2 Å². The standard InChI is InChI=1S/C23H31N5O2.HI/c1-24-23(28-11-9-21(17-28)27-12-14-29-15-13-27)26-16-20-8-5-10-25-22(20)30-18-19-6-3-2-4-7-19;/h2-8,10,21H,9,11-18H2,1H3,(H,24,26);1H. The Hall–Kier alpha value is -1.91. The molecule has 2 fully saturated rings. The first-order valence-corrected chi connectivity index (χ1v) is 10.7. The Labute approximate surface area is 201 Å². The first-order valence-electron chi connectivity index (χ1n) is 10.7. The van der Waals surface area contributed by atoms with Gasteiger partial charge in [0.05, 0.1) is 13.2 Å². The summed E-state index contributed by atoms with van der Waals surface area (Å²) in [4.78, 5) is 13.8. The lowest BCUT2D eigenvalue weighted by Crippen LogP contribution is -2.46. The Morgan fingerprint density at radius 3 is 2.74 bits per heavy atom. The molecule has 2 saturated heterocycles. The van der Waals surface area contributed by atoms with Gasteiger partial charge in [0.2, 0.25) is 5.88 Å². The summed E-state index contributed by atoms with van der Waals surface area (Å²) in [5, 5.41) is 3.50. The van der Waals surface area contributed by atoms with Crippen LogP contribution in [0.15, 0.2) is 53.7 Å². The molecule has 31 heavy (non-hydrogen) atoms. The molecule has 1 aromatic heterocycles. The summed E-state index contributed by atoms with van der Waals surface area (Å²) in [6.07, 6.45) is 2.94. The molecule has 0 amide bonds. The van der Waals surface area contributed by atoms with Gasteiger partial charge in [-0.05, 0) is 18.1 Å². The van der Waals surface area contributed by atoms with E-state index in [9.17, 15) is 0 Å². The molecule has 1 atom stereocenters. The van der Waals surface area contributed by atoms with E-state index < -0.39 is 0 Å². The van der Waals surface area contributed by atoms with E-state index in [0.29, 0.717) is 25.1 Å². The first kappa shape index (κ1) is 23.7. The average Bonchev–Trinajstić information content (AvgIpc) is 3.30. The van der Waals surface area contributed by atoms with Crippen LogP contribution in [0.25, 0.3) is 0 Å². The molecule has 1 unspecified atom stereocenters. The van der Waals surface area contributed by atoms with Gasteiger partial charge in [0.1, 0.15) is 6.61 Å². The zero-order valence-corrected chi connectivity index (χ0v) is 20.4. The van der Waals surface area contributed by atoms with Gasteiger partial charge in [-0.3, -0.25) is 9.89 Å². The number of guanidine groups is 1. The van der Waals surface area contributed by atoms with Crippen LogP contribution in [-0.2, 0) is 17.9 Å². The van der Waals surface area contributed by atoms with Crippen LogP contribution in [0.1, 0.15) is 17.5 Å². The van der Waals surface area contributed by atoms with Gasteiger partial charge in [0, 0.05) is 57.6 Å². The number of nitrogens with one attached hydrogen (secondary N) is 1. The quantitative estimate of drug-likeness (QED) is 0.348. The summed E-state index contributed by atoms with van der Waals surface area (Å²) in [6.45, 7) is 6.91. The third kappa shape index (κ3) is 6.54. The molecule has 2 aliphatic heterocycles. The summed E-state index contributed by atoms with van der Waals surface area (Å²) in [5.74, 6) is 1.60. The number of aliphatic imine (C=N–C) groups is 1. The molecule has 2 aliphatic rings. The van der Waals surface area contributed by atoms with Crippen molar-refractivity contribution in [2.24, 2.45) is 4.99 Å². The van der Waals surface area contributed by atoms with Crippen molar-refractivity contribution in [3.8, 4) is 5.88 Å². The van der Waals surface area contributed by atoms with E-state index in [0.717, 1.165) is 56.5 Å². The topological polar surface area (TPSA) is 62.2 Å². The second-order valence-corrected chi connectivity index (χ2v) is 7.68. The van der Waals surface area contributed by atoms with Crippen LogP contribution >= 0.6 is 24.0 Å². The largest absolute Gasteiger partial charge is 0.473 e. The molecule has 0 spiro atoms. The van der Waals surface area contributed by atoms with Gasteiger partial charge in [-0.25, -0.2) is 4.98 Å². The molecule has 1 N–H and O–H groups in total. The lowest BCUT2D eigenvalue weighted by atomic mass is 10.2. The molecular formula is C23H32IN5O2. The van der Waals surface area contributed by atoms with Crippen molar-refractivity contribution in [2.75, 3.05) is 46.4 Å². The highest BCUT2D eigenvalue weighted by atomic mass is 127. The Balaban J connectivity index is 0.00000272. The number of rotatable bonds is 6. The lowest BCUT2D eigenvalue weighted by Gasteiger charge is -2.32. The van der Waals surface area contributed by atoms with E-state index in [4.69, 9.17) is 9.47 Å². The second kappa shape index (κ2) is 12.2. The number of hydrogen-bond acceptors (Lipinski definition) is 5. The Morgan fingerprint density at radius 2 is 1.97 bits per heavy atom. The van der Waals surface area contributed by atoms with Crippen LogP contribution in [0.5, 0.6) is 5.88 Å². The van der Waals surface area contributed by atoms with Crippen molar-refractivity contribution < 1.29 is 9.47 Å². The SMILES string of the molecule is CN=C(NCc1cccnc1OCc1ccccc1)N1CCC(N2CCOCC2)C1.I. The molecule has 0 saturated carbocycles. The molecule has 4 rings (SSSR count). The van der Waals surface area contributed by atoms with Gasteiger partial charge in [-0.15, -0.1) is 24.0 Å². The average molecular weight is 537 g/mol. The van der Waals surface area contributed by atoms with Crippen molar-refractivity contribution in [1.82, 2.24) is 20.1 Å². The van der Waals surface area contributed by atoms with E-state index in [1.165, 1.54) is 6.42 Å². The van der Waals surface area contributed by atoms with E-state index >= 15 is 0 Å². The smallest absolute Gasteiger partial charge is 0.218 e. The Kier molecular flexibility index (Phi) is 9.35. The van der Waals surface area contributed by atoms with Crippen LogP contribution < -0.4 is 10.1 Å². The number of benzene rings is 1. The molecule has 0 radical (unpaired) electrons. The van der Waals surface area contributed by atoms with Crippen molar-refractivity contribution in [3.05, 3.63) is 59.8 Å². The van der Waals surface area contributed by atoms with Crippen molar-refractivity contribution >= 4 is 29.9 Å². The highest BCUT2D eigenvalue weighted by Gasteiger charge is 2.30. The fourth-order valence-corrected chi connectivity index (χ4v) is 4.10. The van der Waals surface area contributed by atoms with Crippen molar-refractivity contribution in [1.29, 1.82) is 0 Å². The number of aromatic nitrogens is 1. The molecule has 1 aromatic carbocycles. The van der Waals surface area contributed by atoms with E-state index in [1.54, 1.807) is 6.20 Å². The minimum absolute atomic E-state index is 0. The van der Waals surface area contributed by atoms with Gasteiger partial charge in [-0.1, -0.05) is 36.4 Å². The van der Waals surface area contributed by atoms with Crippen molar-refractivity contribution in [3.63, 3.8) is 0 Å². The van der Waals surface area contributed by atoms with Gasteiger partial charge in [0.15, 0.2) is 5.96 Å². The van der Waals surface area contributed by atoms with Crippen LogP contribution in [-0.4, -0.2) is 73.2 Å². The summed E-state index contributed by atoms with van der Waals surface area (Å²) < 4.78 is 11.5. The molecule has 168 valence electrons. The first-order chi connectivity index (χ1) is 14.8. The number of pyridine rings is 1. The molecular weight excluding hydrogens is 505 g/mol. The Morgan fingerprint density at radius 1 is 1.16 bits per heavy atom. The maximum absolute atomic E-state index is 5.99. The van der Waals surface area contributed by atoms with Crippen LogP contribution in [0.3, 0.4) is 0 Å². The van der Waals surface area contributed by atoms with Crippen LogP contribution in [0, 0.1) is 0 Å². The van der Waals surface area contributed by atoms with Crippen LogP contribution in [0.2, 0.25) is 0 Å². The number of ether oxygens (including phenoxy) is 2. The van der Waals surface area contributed by atoms with Crippen LogP contribution in [0.4, 0.5) is 0 Å². The van der Waals surface area contributed by atoms with Gasteiger partial charge < -0.3 is 19.7 Å². The Bertz CT molecular complexity index is 830. The maximum Gasteiger partial charge on any atom is 0.218 e. The maximum atomic E-state index is 5.99. The second-order valence-electron chi connectivity index (χ2n) is 7.68. The minimum atomic E-state index is 0. The van der Waals surface area contributed by atoms with Gasteiger partial charge in [0.25, 0.3) is 0 Å². The van der Waals surface area contributed by atoms with Gasteiger partial charge in [-0.2, -0.15) is 0 Å². The van der Waals surface area contributed by atoms with Gasteiger partial charge >= 0.3 is 0 Å². The minimum Gasteiger partial charge on any atom is -0.473 e. The summed E-state index contributed by atoms with van der Waals surface area (Å²) >= 11 is 0. The fraction of sp³-hybridized carbons (Fsp3) is 0.478. The third-order valence-electron chi connectivity index (χ3n) is 5.74. The number of halogens is 1. The summed E-state index contributed by atoms with van der Waals surface area (Å²) in [5.41, 5.74) is 2.16. The number of nitrogens with zero attached hydrogens (tertiary/aromatic N) is 4. The lowest BCUT2D eigenvalue weighted by molar-refractivity contribution is 0.0195. The third-order valence-corrected chi connectivity index (χ3v) is 5.74. The fourth-order valence-electron chi connectivity index (χ4n) is 4.10. The normalized spacial score (nSPS) is 19.7. The molecule has 0 aliphatic carbocycles.